The van der Waals surface area contributed by atoms with Crippen LogP contribution in [-0.4, -0.2) is 81.1 Å². The van der Waals surface area contributed by atoms with E-state index in [-0.39, 0.29) is 12.6 Å². The van der Waals surface area contributed by atoms with Crippen molar-refractivity contribution >= 4 is 40.6 Å². The van der Waals surface area contributed by atoms with Gasteiger partial charge in [0.25, 0.3) is 0 Å². The molecule has 0 spiro atoms. The summed E-state index contributed by atoms with van der Waals surface area (Å²) in [5.74, 6) is -1.71. The highest BCUT2D eigenvalue weighted by atomic mass is 16.5. The molecule has 6 rings (SSSR count). The molecule has 1 unspecified atom stereocenters. The predicted molar refractivity (Wildman–Crippen MR) is 162 cm³/mol. The van der Waals surface area contributed by atoms with Crippen LogP contribution in [0.1, 0.15) is 19.5 Å². The first-order chi connectivity index (χ1) is 20.8. The maximum absolute atomic E-state index is 13.5. The standard InChI is InChI=1S/C31H34N8O4/c1-20(2)37-18-26(30(41)38(31(37)42)23-6-4-3-5-7-23)29(40)35-22-10-8-21(9-11-22)25-16-24(17-36-12-14-43-15-13-36)39-27(25)28(32)33-19-34-39/h3-11,16,19-20,26H,12-15,17-18H2,1-2H3,(H,35,40)(H2,32,33,34). The van der Waals surface area contributed by atoms with Crippen molar-refractivity contribution in [1.82, 2.24) is 24.4 Å². The summed E-state index contributed by atoms with van der Waals surface area (Å²) < 4.78 is 7.32. The summed E-state index contributed by atoms with van der Waals surface area (Å²) in [6.45, 7) is 7.50. The average molecular weight is 583 g/mol. The first kappa shape index (κ1) is 28.3. The Balaban J connectivity index is 1.23. The molecule has 2 saturated heterocycles. The molecule has 2 aromatic heterocycles. The van der Waals surface area contributed by atoms with Crippen molar-refractivity contribution in [3.63, 3.8) is 0 Å². The monoisotopic (exact) mass is 582 g/mol. The molecular weight excluding hydrogens is 548 g/mol. The van der Waals surface area contributed by atoms with Gasteiger partial charge in [-0.3, -0.25) is 14.5 Å². The summed E-state index contributed by atoms with van der Waals surface area (Å²) in [6.07, 6.45) is 1.45. The van der Waals surface area contributed by atoms with Gasteiger partial charge in [0.2, 0.25) is 11.8 Å². The molecule has 12 nitrogen and oxygen atoms in total. The van der Waals surface area contributed by atoms with Crippen molar-refractivity contribution in [1.29, 1.82) is 0 Å². The van der Waals surface area contributed by atoms with E-state index < -0.39 is 23.8 Å². The van der Waals surface area contributed by atoms with Gasteiger partial charge in [0, 0.05) is 43.5 Å². The summed E-state index contributed by atoms with van der Waals surface area (Å²) in [5.41, 5.74) is 10.7. The topological polar surface area (TPSA) is 138 Å². The Labute approximate surface area is 249 Å². The van der Waals surface area contributed by atoms with E-state index in [2.05, 4.69) is 26.4 Å². The quantitative estimate of drug-likeness (QED) is 0.317. The van der Waals surface area contributed by atoms with Gasteiger partial charge in [-0.05, 0) is 49.7 Å². The maximum Gasteiger partial charge on any atom is 0.331 e. The van der Waals surface area contributed by atoms with E-state index in [0.29, 0.717) is 37.0 Å². The molecule has 12 heteroatoms. The van der Waals surface area contributed by atoms with Crippen molar-refractivity contribution in [3.8, 4) is 11.1 Å². The lowest BCUT2D eigenvalue weighted by Gasteiger charge is -2.39. The second-order valence-corrected chi connectivity index (χ2v) is 11.0. The van der Waals surface area contributed by atoms with Crippen LogP contribution in [0.4, 0.5) is 22.0 Å². The van der Waals surface area contributed by atoms with Crippen LogP contribution in [0.15, 0.2) is 67.0 Å². The van der Waals surface area contributed by atoms with E-state index in [4.69, 9.17) is 10.5 Å². The number of nitrogen functional groups attached to an aromatic ring is 1. The molecule has 2 aliphatic heterocycles. The van der Waals surface area contributed by atoms with E-state index in [1.807, 2.05) is 30.5 Å². The fraction of sp³-hybridized carbons (Fsp3) is 0.323. The van der Waals surface area contributed by atoms with Crippen molar-refractivity contribution in [2.24, 2.45) is 5.92 Å². The number of hydrogen-bond donors (Lipinski definition) is 2. The number of nitrogens with two attached hydrogens (primary N) is 1. The van der Waals surface area contributed by atoms with Crippen LogP contribution in [0, 0.1) is 5.92 Å². The number of nitrogens with one attached hydrogen (secondary N) is 1. The van der Waals surface area contributed by atoms with Gasteiger partial charge in [0.1, 0.15) is 17.8 Å². The summed E-state index contributed by atoms with van der Waals surface area (Å²) in [5, 5.41) is 7.35. The van der Waals surface area contributed by atoms with Crippen LogP contribution in [0.5, 0.6) is 0 Å². The normalized spacial score (nSPS) is 18.1. The molecule has 1 atom stereocenters. The number of para-hydroxylation sites is 1. The van der Waals surface area contributed by atoms with Gasteiger partial charge >= 0.3 is 6.03 Å². The van der Waals surface area contributed by atoms with Gasteiger partial charge < -0.3 is 20.7 Å². The number of benzene rings is 2. The van der Waals surface area contributed by atoms with Gasteiger partial charge in [-0.15, -0.1) is 0 Å². The summed E-state index contributed by atoms with van der Waals surface area (Å²) >= 11 is 0. The lowest BCUT2D eigenvalue weighted by Crippen LogP contribution is -2.61. The molecule has 4 amide bonds. The van der Waals surface area contributed by atoms with Crippen LogP contribution < -0.4 is 16.0 Å². The number of anilines is 3. The summed E-state index contributed by atoms with van der Waals surface area (Å²) in [7, 11) is 0. The fourth-order valence-corrected chi connectivity index (χ4v) is 5.59. The molecule has 2 fully saturated rings. The van der Waals surface area contributed by atoms with Crippen molar-refractivity contribution in [2.75, 3.05) is 48.8 Å². The van der Waals surface area contributed by atoms with Crippen molar-refractivity contribution < 1.29 is 19.1 Å². The highest BCUT2D eigenvalue weighted by molar-refractivity contribution is 6.23. The molecule has 2 aromatic carbocycles. The number of ether oxygens (including phenoxy) is 1. The molecule has 0 radical (unpaired) electrons. The Bertz CT molecular complexity index is 1650. The molecule has 0 aliphatic carbocycles. The van der Waals surface area contributed by atoms with Gasteiger partial charge in [-0.2, -0.15) is 5.10 Å². The van der Waals surface area contributed by atoms with E-state index in [0.717, 1.165) is 40.3 Å². The molecule has 43 heavy (non-hydrogen) atoms. The Morgan fingerprint density at radius 3 is 2.49 bits per heavy atom. The number of urea groups is 1. The van der Waals surface area contributed by atoms with Crippen LogP contribution in [0.3, 0.4) is 0 Å². The largest absolute Gasteiger partial charge is 0.382 e. The van der Waals surface area contributed by atoms with Crippen LogP contribution in [-0.2, 0) is 20.9 Å². The molecule has 4 heterocycles. The molecular formula is C31H34N8O4. The minimum absolute atomic E-state index is 0.00447. The molecule has 0 bridgehead atoms. The van der Waals surface area contributed by atoms with Crippen LogP contribution >= 0.6 is 0 Å². The molecule has 2 aliphatic rings. The van der Waals surface area contributed by atoms with E-state index in [1.165, 1.54) is 6.33 Å². The van der Waals surface area contributed by atoms with E-state index in [9.17, 15) is 14.4 Å². The second kappa shape index (κ2) is 11.8. The number of imide groups is 1. The molecule has 4 aromatic rings. The number of amides is 4. The third kappa shape index (κ3) is 5.54. The first-order valence-corrected chi connectivity index (χ1v) is 14.3. The van der Waals surface area contributed by atoms with E-state index in [1.54, 1.807) is 47.4 Å². The minimum atomic E-state index is -1.06. The fourth-order valence-electron chi connectivity index (χ4n) is 5.59. The number of morpholine rings is 1. The second-order valence-electron chi connectivity index (χ2n) is 11.0. The molecule has 3 N–H and O–H groups in total. The number of carbonyl (C=O) groups is 3. The zero-order valence-electron chi connectivity index (χ0n) is 24.1. The molecule has 0 saturated carbocycles. The Morgan fingerprint density at radius 2 is 1.79 bits per heavy atom. The zero-order valence-corrected chi connectivity index (χ0v) is 24.1. The summed E-state index contributed by atoms with van der Waals surface area (Å²) in [6, 6.07) is 17.5. The highest BCUT2D eigenvalue weighted by Crippen LogP contribution is 2.32. The van der Waals surface area contributed by atoms with Crippen LogP contribution in [0.25, 0.3) is 16.6 Å². The minimum Gasteiger partial charge on any atom is -0.382 e. The number of aromatic nitrogens is 3. The lowest BCUT2D eigenvalue weighted by molar-refractivity contribution is -0.132. The van der Waals surface area contributed by atoms with E-state index >= 15 is 0 Å². The Morgan fingerprint density at radius 1 is 1.07 bits per heavy atom. The first-order valence-electron chi connectivity index (χ1n) is 14.3. The Kier molecular flexibility index (Phi) is 7.78. The average Bonchev–Trinajstić information content (AvgIpc) is 3.38. The third-order valence-electron chi connectivity index (χ3n) is 7.90. The number of hydrogen-bond acceptors (Lipinski definition) is 8. The van der Waals surface area contributed by atoms with Crippen molar-refractivity contribution in [3.05, 3.63) is 72.7 Å². The Hall–Kier alpha value is -4.81. The smallest absolute Gasteiger partial charge is 0.331 e. The molecule has 222 valence electrons. The number of fused-ring (bicyclic) bond motifs is 1. The van der Waals surface area contributed by atoms with Gasteiger partial charge in [-0.1, -0.05) is 30.3 Å². The predicted octanol–water partition coefficient (Wildman–Crippen LogP) is 3.24. The summed E-state index contributed by atoms with van der Waals surface area (Å²) in [4.78, 5) is 49.2. The zero-order chi connectivity index (χ0) is 30.1. The number of carbonyl (C=O) groups excluding carboxylic acids is 3. The highest BCUT2D eigenvalue weighted by Gasteiger charge is 2.44. The van der Waals surface area contributed by atoms with Gasteiger partial charge in [0.05, 0.1) is 24.6 Å². The number of nitrogens with zero attached hydrogens (tertiary/aromatic N) is 6. The SMILES string of the molecule is CC(C)N1CC(C(=O)Nc2ccc(-c3cc(CN4CCOCC4)n4ncnc(N)c34)cc2)C(=O)N(c2ccccc2)C1=O. The lowest BCUT2D eigenvalue weighted by atomic mass is 10.0. The third-order valence-corrected chi connectivity index (χ3v) is 7.90. The number of rotatable bonds is 7. The maximum atomic E-state index is 13.5. The van der Waals surface area contributed by atoms with Gasteiger partial charge in [-0.25, -0.2) is 19.2 Å². The van der Waals surface area contributed by atoms with Gasteiger partial charge in [0.15, 0.2) is 5.82 Å². The van der Waals surface area contributed by atoms with Crippen molar-refractivity contribution in [2.45, 2.75) is 26.4 Å². The van der Waals surface area contributed by atoms with Crippen LogP contribution in [0.2, 0.25) is 0 Å².